The van der Waals surface area contributed by atoms with Crippen LogP contribution in [0.3, 0.4) is 0 Å². The van der Waals surface area contributed by atoms with Crippen molar-refractivity contribution in [1.82, 2.24) is 9.55 Å². The van der Waals surface area contributed by atoms with E-state index < -0.39 is 43.0 Å². The molecule has 0 unspecified atom stereocenters. The van der Waals surface area contributed by atoms with Crippen LogP contribution in [0.4, 0.5) is 19.0 Å². The first-order valence-corrected chi connectivity index (χ1v) is 7.15. The third-order valence-corrected chi connectivity index (χ3v) is 3.38. The molecule has 2 N–H and O–H groups in total. The fraction of sp³-hybridized carbons (Fsp3) is 0.615. The van der Waals surface area contributed by atoms with Crippen molar-refractivity contribution in [2.45, 2.75) is 44.2 Å². The van der Waals surface area contributed by atoms with Crippen molar-refractivity contribution in [1.29, 1.82) is 0 Å². The van der Waals surface area contributed by atoms with Gasteiger partial charge in [-0.05, 0) is 18.9 Å². The van der Waals surface area contributed by atoms with Gasteiger partial charge in [-0.1, -0.05) is 0 Å². The first-order chi connectivity index (χ1) is 11.3. The molecule has 1 fully saturated rings. The molecule has 0 radical (unpaired) electrons. The highest BCUT2D eigenvalue weighted by molar-refractivity contribution is 5.69. The number of carbonyl (C=O) groups is 1. The second-order valence-corrected chi connectivity index (χ2v) is 5.20. The van der Waals surface area contributed by atoms with Crippen LogP contribution in [0, 0.1) is 0 Å². The van der Waals surface area contributed by atoms with E-state index in [4.69, 9.17) is 14.7 Å². The third kappa shape index (κ3) is 5.20. The lowest BCUT2D eigenvalue weighted by Crippen LogP contribution is -2.28. The van der Waals surface area contributed by atoms with Gasteiger partial charge in [0, 0.05) is 6.20 Å². The monoisotopic (exact) mass is 351 g/mol. The van der Waals surface area contributed by atoms with Gasteiger partial charge in [-0.2, -0.15) is 18.2 Å². The number of hydrogen-bond acceptors (Lipinski definition) is 7. The molecule has 1 aromatic rings. The maximum Gasteiger partial charge on any atom is 0.389 e. The molecule has 1 aliphatic heterocycles. The molecule has 1 saturated heterocycles. The summed E-state index contributed by atoms with van der Waals surface area (Å²) in [7, 11) is 0. The van der Waals surface area contributed by atoms with Crippen molar-refractivity contribution in [2.75, 3.05) is 12.1 Å². The van der Waals surface area contributed by atoms with E-state index in [-0.39, 0.29) is 12.4 Å². The van der Waals surface area contributed by atoms with Crippen LogP contribution in [0.5, 0.6) is 0 Å². The topological polar surface area (TPSA) is 103 Å². The highest BCUT2D eigenvalue weighted by atomic mass is 19.4. The van der Waals surface area contributed by atoms with Crippen molar-refractivity contribution >= 4 is 11.8 Å². The highest BCUT2D eigenvalue weighted by Crippen LogP contribution is 2.27. The molecule has 1 aliphatic rings. The lowest BCUT2D eigenvalue weighted by molar-refractivity contribution is -0.160. The molecule has 134 valence electrons. The predicted octanol–water partition coefficient (Wildman–Crippen LogP) is 1.61. The van der Waals surface area contributed by atoms with Gasteiger partial charge in [0.25, 0.3) is 0 Å². The number of aromatic nitrogens is 2. The smallest absolute Gasteiger partial charge is 0.389 e. The van der Waals surface area contributed by atoms with Crippen LogP contribution in [0.25, 0.3) is 0 Å². The minimum absolute atomic E-state index is 0.00982. The molecule has 11 heteroatoms. The quantitative estimate of drug-likeness (QED) is 0.593. The van der Waals surface area contributed by atoms with E-state index in [0.717, 1.165) is 0 Å². The van der Waals surface area contributed by atoms with Crippen molar-refractivity contribution in [3.05, 3.63) is 22.7 Å². The number of anilines is 1. The largest absolute Gasteiger partial charge is 0.463 e. The van der Waals surface area contributed by atoms with E-state index in [1.54, 1.807) is 5.48 Å². The van der Waals surface area contributed by atoms with Gasteiger partial charge in [0.05, 0.1) is 18.9 Å². The number of hydrogen-bond donors (Lipinski definition) is 2. The van der Waals surface area contributed by atoms with Crippen LogP contribution in [-0.4, -0.2) is 39.6 Å². The summed E-state index contributed by atoms with van der Waals surface area (Å²) in [6.07, 6.45) is -5.18. The normalized spacial score (nSPS) is 20.8. The van der Waals surface area contributed by atoms with E-state index >= 15 is 0 Å². The van der Waals surface area contributed by atoms with Crippen LogP contribution in [0.15, 0.2) is 17.1 Å². The number of esters is 1. The molecular formula is C13H16F3N3O5. The van der Waals surface area contributed by atoms with Crippen LogP contribution in [0.1, 0.15) is 31.9 Å². The Morgan fingerprint density at radius 3 is 2.88 bits per heavy atom. The second-order valence-electron chi connectivity index (χ2n) is 5.20. The average Bonchev–Trinajstić information content (AvgIpc) is 2.98. The standard InChI is InChI=1S/C13H16F3N3O5/c14-13(15,16)5-3-11(20)23-7-8-1-2-10(24-8)19-6-4-9(18-22)17-12(19)21/h4,6,8,10,22H,1-3,5,7H2,(H,17,18,21)/t8-,10+/m0/s1. The maximum atomic E-state index is 12.0. The van der Waals surface area contributed by atoms with Gasteiger partial charge in [-0.25, -0.2) is 4.79 Å². The summed E-state index contributed by atoms with van der Waals surface area (Å²) in [4.78, 5) is 26.6. The Morgan fingerprint density at radius 1 is 1.50 bits per heavy atom. The lowest BCUT2D eigenvalue weighted by atomic mass is 10.2. The number of ether oxygens (including phenoxy) is 2. The van der Waals surface area contributed by atoms with Crippen LogP contribution in [-0.2, 0) is 14.3 Å². The van der Waals surface area contributed by atoms with E-state index in [1.807, 2.05) is 0 Å². The molecule has 0 bridgehead atoms. The van der Waals surface area contributed by atoms with Gasteiger partial charge >= 0.3 is 17.8 Å². The van der Waals surface area contributed by atoms with Gasteiger partial charge in [0.2, 0.25) is 0 Å². The molecule has 2 heterocycles. The fourth-order valence-corrected chi connectivity index (χ4v) is 2.21. The molecule has 0 aromatic carbocycles. The van der Waals surface area contributed by atoms with E-state index in [0.29, 0.717) is 12.8 Å². The van der Waals surface area contributed by atoms with Crippen molar-refractivity contribution in [2.24, 2.45) is 0 Å². The van der Waals surface area contributed by atoms with Crippen molar-refractivity contribution in [3.8, 4) is 0 Å². The third-order valence-electron chi connectivity index (χ3n) is 3.38. The van der Waals surface area contributed by atoms with Crippen LogP contribution < -0.4 is 11.2 Å². The van der Waals surface area contributed by atoms with Gasteiger partial charge in [-0.3, -0.25) is 20.0 Å². The molecular weight excluding hydrogens is 335 g/mol. The molecule has 2 atom stereocenters. The molecule has 24 heavy (non-hydrogen) atoms. The minimum Gasteiger partial charge on any atom is -0.463 e. The van der Waals surface area contributed by atoms with E-state index in [2.05, 4.69) is 4.98 Å². The summed E-state index contributed by atoms with van der Waals surface area (Å²) in [5.74, 6) is -0.957. The molecule has 1 aromatic heterocycles. The van der Waals surface area contributed by atoms with Crippen molar-refractivity contribution < 1.29 is 32.6 Å². The molecule has 2 rings (SSSR count). The van der Waals surface area contributed by atoms with Gasteiger partial charge in [-0.15, -0.1) is 0 Å². The zero-order valence-electron chi connectivity index (χ0n) is 12.5. The van der Waals surface area contributed by atoms with Gasteiger partial charge < -0.3 is 9.47 Å². The first kappa shape index (κ1) is 18.2. The lowest BCUT2D eigenvalue weighted by Gasteiger charge is -2.16. The molecule has 0 saturated carbocycles. The molecule has 8 nitrogen and oxygen atoms in total. The SMILES string of the molecule is O=C(CCC(F)(F)F)OC[C@@H]1CC[C@H](n2ccc(NO)nc2=O)O1. The Balaban J connectivity index is 1.81. The number of halogens is 3. The summed E-state index contributed by atoms with van der Waals surface area (Å²) in [5, 5.41) is 8.67. The fourth-order valence-electron chi connectivity index (χ4n) is 2.21. The minimum atomic E-state index is -4.41. The van der Waals surface area contributed by atoms with E-state index in [9.17, 15) is 22.8 Å². The summed E-state index contributed by atoms with van der Waals surface area (Å²) in [6.45, 7) is -0.175. The molecule has 0 aliphatic carbocycles. The number of rotatable bonds is 6. The number of carbonyl (C=O) groups excluding carboxylic acids is 1. The zero-order chi connectivity index (χ0) is 17.7. The Bertz CT molecular complexity index is 634. The summed E-state index contributed by atoms with van der Waals surface area (Å²) < 4.78 is 47.5. The maximum absolute atomic E-state index is 12.0. The summed E-state index contributed by atoms with van der Waals surface area (Å²) in [5.41, 5.74) is 1.11. The Labute approximate surface area is 134 Å². The molecule has 0 amide bonds. The van der Waals surface area contributed by atoms with E-state index in [1.165, 1.54) is 16.8 Å². The van der Waals surface area contributed by atoms with Gasteiger partial charge in [0.1, 0.15) is 12.8 Å². The van der Waals surface area contributed by atoms with Crippen LogP contribution in [0.2, 0.25) is 0 Å². The number of alkyl halides is 3. The summed E-state index contributed by atoms with van der Waals surface area (Å²) >= 11 is 0. The first-order valence-electron chi connectivity index (χ1n) is 7.15. The summed E-state index contributed by atoms with van der Waals surface area (Å²) in [6, 6.07) is 1.37. The molecule has 0 spiro atoms. The Kier molecular flexibility index (Phi) is 5.78. The van der Waals surface area contributed by atoms with Crippen LogP contribution >= 0.6 is 0 Å². The second kappa shape index (κ2) is 7.62. The number of nitrogens with one attached hydrogen (secondary N) is 1. The average molecular weight is 351 g/mol. The highest BCUT2D eigenvalue weighted by Gasteiger charge is 2.30. The Hall–Kier alpha value is -2.14. The predicted molar refractivity (Wildman–Crippen MR) is 73.3 cm³/mol. The zero-order valence-corrected chi connectivity index (χ0v) is 12.5. The van der Waals surface area contributed by atoms with Crippen molar-refractivity contribution in [3.63, 3.8) is 0 Å². The Morgan fingerprint density at radius 2 is 2.25 bits per heavy atom. The number of nitrogens with zero attached hydrogens (tertiary/aromatic N) is 2. The van der Waals surface area contributed by atoms with Gasteiger partial charge in [0.15, 0.2) is 5.82 Å².